The van der Waals surface area contributed by atoms with Crippen LogP contribution in [0.3, 0.4) is 0 Å². The Morgan fingerprint density at radius 2 is 1.85 bits per heavy atom. The number of anilines is 1. The highest BCUT2D eigenvalue weighted by molar-refractivity contribution is 6.25. The molecule has 2 amide bonds. The van der Waals surface area contributed by atoms with Gasteiger partial charge in [-0.3, -0.25) is 14.5 Å². The van der Waals surface area contributed by atoms with Gasteiger partial charge in [-0.1, -0.05) is 26.0 Å². The van der Waals surface area contributed by atoms with Crippen LogP contribution in [0.25, 0.3) is 0 Å². The third-order valence-corrected chi connectivity index (χ3v) is 4.64. The van der Waals surface area contributed by atoms with Gasteiger partial charge < -0.3 is 5.73 Å². The van der Waals surface area contributed by atoms with Crippen LogP contribution < -0.4 is 10.6 Å². The number of aryl methyl sites for hydroxylation is 1. The second-order valence-electron chi connectivity index (χ2n) is 6.35. The molecule has 2 N–H and O–H groups in total. The van der Waals surface area contributed by atoms with Crippen LogP contribution in [0.5, 0.6) is 0 Å². The summed E-state index contributed by atoms with van der Waals surface area (Å²) < 4.78 is 0. The van der Waals surface area contributed by atoms with Crippen LogP contribution in [-0.4, -0.2) is 18.4 Å². The van der Waals surface area contributed by atoms with Crippen molar-refractivity contribution in [3.05, 3.63) is 29.8 Å². The maximum Gasteiger partial charge on any atom is 0.238 e. The standard InChI is InChI=1S/C16H20N2O2/c1-16(2)12-13(16)15(20)18(14(12)19)11-7-3-5-10(9-11)6-4-8-17/h3,5,7,9,12-13H,4,6,8,17H2,1-2H3. The zero-order chi connectivity index (χ0) is 14.5. The quantitative estimate of drug-likeness (QED) is 0.849. The summed E-state index contributed by atoms with van der Waals surface area (Å²) in [7, 11) is 0. The van der Waals surface area contributed by atoms with E-state index in [0.717, 1.165) is 18.4 Å². The fraction of sp³-hybridized carbons (Fsp3) is 0.500. The van der Waals surface area contributed by atoms with E-state index in [1.807, 2.05) is 38.1 Å². The first-order valence-electron chi connectivity index (χ1n) is 7.15. The van der Waals surface area contributed by atoms with Gasteiger partial charge in [-0.2, -0.15) is 0 Å². The number of nitrogens with zero attached hydrogens (tertiary/aromatic N) is 1. The number of piperidine rings is 1. The number of imide groups is 1. The normalized spacial score (nSPS) is 26.9. The Hall–Kier alpha value is -1.68. The van der Waals surface area contributed by atoms with Gasteiger partial charge in [0, 0.05) is 0 Å². The van der Waals surface area contributed by atoms with E-state index in [2.05, 4.69) is 0 Å². The highest BCUT2D eigenvalue weighted by Crippen LogP contribution is 2.63. The first kappa shape index (κ1) is 13.3. The first-order chi connectivity index (χ1) is 9.48. The molecule has 1 aromatic rings. The van der Waals surface area contributed by atoms with Crippen LogP contribution in [0.1, 0.15) is 25.8 Å². The molecule has 1 saturated heterocycles. The van der Waals surface area contributed by atoms with Crippen molar-refractivity contribution < 1.29 is 9.59 Å². The molecule has 0 radical (unpaired) electrons. The lowest BCUT2D eigenvalue weighted by Gasteiger charge is -2.21. The lowest BCUT2D eigenvalue weighted by atomic mass is 10.0. The number of carbonyl (C=O) groups excluding carboxylic acids is 2. The molecule has 1 heterocycles. The Kier molecular flexibility index (Phi) is 2.94. The molecule has 1 saturated carbocycles. The third-order valence-electron chi connectivity index (χ3n) is 4.64. The second kappa shape index (κ2) is 4.42. The largest absolute Gasteiger partial charge is 0.330 e. The van der Waals surface area contributed by atoms with E-state index in [1.54, 1.807) is 0 Å². The molecule has 1 aromatic carbocycles. The number of nitrogens with two attached hydrogens (primary N) is 1. The minimum absolute atomic E-state index is 0.0408. The van der Waals surface area contributed by atoms with Crippen molar-refractivity contribution in [2.24, 2.45) is 23.0 Å². The molecule has 4 nitrogen and oxygen atoms in total. The Bertz CT molecular complexity index is 556. The first-order valence-corrected chi connectivity index (χ1v) is 7.15. The van der Waals surface area contributed by atoms with Crippen molar-refractivity contribution >= 4 is 17.5 Å². The van der Waals surface area contributed by atoms with Crippen LogP contribution in [0.2, 0.25) is 0 Å². The minimum Gasteiger partial charge on any atom is -0.330 e. The fourth-order valence-corrected chi connectivity index (χ4v) is 3.36. The summed E-state index contributed by atoms with van der Waals surface area (Å²) in [5.41, 5.74) is 7.19. The van der Waals surface area contributed by atoms with Crippen LogP contribution in [0.15, 0.2) is 24.3 Å². The molecule has 2 unspecified atom stereocenters. The smallest absolute Gasteiger partial charge is 0.238 e. The molecule has 2 fully saturated rings. The van der Waals surface area contributed by atoms with E-state index in [4.69, 9.17) is 5.73 Å². The molecule has 0 spiro atoms. The van der Waals surface area contributed by atoms with Crippen molar-refractivity contribution in [2.75, 3.05) is 11.4 Å². The summed E-state index contributed by atoms with van der Waals surface area (Å²) in [4.78, 5) is 26.1. The number of hydrogen-bond acceptors (Lipinski definition) is 3. The second-order valence-corrected chi connectivity index (χ2v) is 6.35. The monoisotopic (exact) mass is 272 g/mol. The van der Waals surface area contributed by atoms with Gasteiger partial charge in [0.05, 0.1) is 17.5 Å². The van der Waals surface area contributed by atoms with Crippen molar-refractivity contribution in [1.82, 2.24) is 0 Å². The van der Waals surface area contributed by atoms with Gasteiger partial charge in [-0.05, 0) is 42.5 Å². The Morgan fingerprint density at radius 3 is 2.45 bits per heavy atom. The molecule has 106 valence electrons. The van der Waals surface area contributed by atoms with Crippen molar-refractivity contribution in [3.63, 3.8) is 0 Å². The van der Waals surface area contributed by atoms with Gasteiger partial charge in [-0.15, -0.1) is 0 Å². The fourth-order valence-electron chi connectivity index (χ4n) is 3.36. The highest BCUT2D eigenvalue weighted by Gasteiger charge is 2.72. The minimum atomic E-state index is -0.151. The molecular formula is C16H20N2O2. The zero-order valence-corrected chi connectivity index (χ0v) is 11.9. The van der Waals surface area contributed by atoms with Crippen LogP contribution in [0, 0.1) is 17.3 Å². The van der Waals surface area contributed by atoms with E-state index in [0.29, 0.717) is 12.2 Å². The molecule has 3 rings (SSSR count). The van der Waals surface area contributed by atoms with Gasteiger partial charge in [0.15, 0.2) is 0 Å². The lowest BCUT2D eigenvalue weighted by Crippen LogP contribution is -2.36. The van der Waals surface area contributed by atoms with Gasteiger partial charge in [0.2, 0.25) is 11.8 Å². The Balaban J connectivity index is 1.84. The van der Waals surface area contributed by atoms with E-state index < -0.39 is 0 Å². The zero-order valence-electron chi connectivity index (χ0n) is 11.9. The van der Waals surface area contributed by atoms with E-state index in [9.17, 15) is 9.59 Å². The molecule has 20 heavy (non-hydrogen) atoms. The van der Waals surface area contributed by atoms with E-state index in [-0.39, 0.29) is 29.1 Å². The predicted octanol–water partition coefficient (Wildman–Crippen LogP) is 1.72. The maximum atomic E-state index is 12.4. The van der Waals surface area contributed by atoms with Crippen molar-refractivity contribution in [3.8, 4) is 0 Å². The average molecular weight is 272 g/mol. The number of fused-ring (bicyclic) bond motifs is 1. The van der Waals surface area contributed by atoms with Crippen molar-refractivity contribution in [1.29, 1.82) is 0 Å². The van der Waals surface area contributed by atoms with Crippen LogP contribution in [0.4, 0.5) is 5.69 Å². The number of hydrogen-bond donors (Lipinski definition) is 1. The maximum absolute atomic E-state index is 12.4. The van der Waals surface area contributed by atoms with Crippen LogP contribution in [-0.2, 0) is 16.0 Å². The van der Waals surface area contributed by atoms with Gasteiger partial charge in [-0.25, -0.2) is 0 Å². The summed E-state index contributed by atoms with van der Waals surface area (Å²) in [6, 6.07) is 7.68. The molecule has 4 heteroatoms. The topological polar surface area (TPSA) is 63.4 Å². The van der Waals surface area contributed by atoms with Gasteiger partial charge in [0.25, 0.3) is 0 Å². The molecule has 1 aliphatic carbocycles. The summed E-state index contributed by atoms with van der Waals surface area (Å²) in [6.07, 6.45) is 1.78. The van der Waals surface area contributed by atoms with Gasteiger partial charge >= 0.3 is 0 Å². The Morgan fingerprint density at radius 1 is 1.20 bits per heavy atom. The number of amides is 2. The van der Waals surface area contributed by atoms with Gasteiger partial charge in [0.1, 0.15) is 0 Å². The van der Waals surface area contributed by atoms with Crippen LogP contribution >= 0.6 is 0 Å². The number of carbonyl (C=O) groups is 2. The molecule has 2 atom stereocenters. The lowest BCUT2D eigenvalue weighted by molar-refractivity contribution is -0.125. The van der Waals surface area contributed by atoms with E-state index in [1.165, 1.54) is 4.90 Å². The third kappa shape index (κ3) is 1.79. The number of rotatable bonds is 4. The predicted molar refractivity (Wildman–Crippen MR) is 77.1 cm³/mol. The average Bonchev–Trinajstić information content (AvgIpc) is 2.87. The summed E-state index contributed by atoms with van der Waals surface area (Å²) in [5, 5.41) is 0. The molecule has 2 aliphatic rings. The van der Waals surface area contributed by atoms with Crippen molar-refractivity contribution in [2.45, 2.75) is 26.7 Å². The van der Waals surface area contributed by atoms with E-state index >= 15 is 0 Å². The summed E-state index contributed by atoms with van der Waals surface area (Å²) in [6.45, 7) is 4.63. The molecular weight excluding hydrogens is 252 g/mol. The molecule has 0 aromatic heterocycles. The Labute approximate surface area is 118 Å². The molecule has 1 aliphatic heterocycles. The summed E-state index contributed by atoms with van der Waals surface area (Å²) in [5.74, 6) is -0.327. The number of benzene rings is 1. The highest BCUT2D eigenvalue weighted by atomic mass is 16.2. The summed E-state index contributed by atoms with van der Waals surface area (Å²) >= 11 is 0. The SMILES string of the molecule is CC1(C)C2C(=O)N(c3cccc(CCCN)c3)C(=O)C21. The molecule has 0 bridgehead atoms.